The van der Waals surface area contributed by atoms with Gasteiger partial charge in [0, 0.05) is 0 Å². The van der Waals surface area contributed by atoms with Gasteiger partial charge in [-0.25, -0.2) is 9.59 Å². The van der Waals surface area contributed by atoms with Gasteiger partial charge in [-0.1, -0.05) is 29.8 Å². The monoisotopic (exact) mass is 269 g/mol. The Balaban J connectivity index is 1.98. The molecule has 2 aromatic carbocycles. The predicted molar refractivity (Wildman–Crippen MR) is 73.1 cm³/mol. The van der Waals surface area contributed by atoms with Crippen molar-refractivity contribution < 1.29 is 13.9 Å². The lowest BCUT2D eigenvalue weighted by Crippen LogP contribution is -2.26. The maximum Gasteiger partial charge on any atom is 0.429 e. The second kappa shape index (κ2) is 4.70. The highest BCUT2D eigenvalue weighted by Crippen LogP contribution is 2.15. The van der Waals surface area contributed by atoms with Crippen LogP contribution >= 0.6 is 0 Å². The number of hydrogen-bond acceptors (Lipinski definition) is 4. The summed E-state index contributed by atoms with van der Waals surface area (Å²) in [6.45, 7) is 1.93. The van der Waals surface area contributed by atoms with Crippen molar-refractivity contribution in [1.82, 2.24) is 4.57 Å². The number of ether oxygens (including phenoxy) is 1. The summed E-state index contributed by atoms with van der Waals surface area (Å²) in [6, 6.07) is 13.6. The number of para-hydroxylation sites is 2. The molecule has 0 unspecified atom stereocenters. The molecule has 0 N–H and O–H groups in total. The molecule has 0 bridgehead atoms. The van der Waals surface area contributed by atoms with Gasteiger partial charge in [0.15, 0.2) is 5.58 Å². The molecule has 1 aromatic heterocycles. The smallest absolute Gasteiger partial charge is 0.410 e. The van der Waals surface area contributed by atoms with Crippen molar-refractivity contribution in [1.29, 1.82) is 0 Å². The van der Waals surface area contributed by atoms with E-state index in [0.29, 0.717) is 16.8 Å². The summed E-state index contributed by atoms with van der Waals surface area (Å²) in [6.07, 6.45) is -0.788. The first-order chi connectivity index (χ1) is 9.65. The Morgan fingerprint density at radius 1 is 1.10 bits per heavy atom. The Labute approximate surface area is 114 Å². The van der Waals surface area contributed by atoms with Crippen molar-refractivity contribution >= 4 is 17.2 Å². The molecule has 0 spiro atoms. The van der Waals surface area contributed by atoms with Crippen LogP contribution in [0.2, 0.25) is 0 Å². The van der Waals surface area contributed by atoms with Gasteiger partial charge in [-0.05, 0) is 31.2 Å². The van der Waals surface area contributed by atoms with Gasteiger partial charge in [-0.15, -0.1) is 0 Å². The first-order valence-corrected chi connectivity index (χ1v) is 6.04. The molecule has 0 saturated heterocycles. The number of aromatic nitrogens is 1. The maximum absolute atomic E-state index is 12.1. The number of hydrogen-bond donors (Lipinski definition) is 0. The molecule has 5 heteroatoms. The minimum Gasteiger partial charge on any atom is -0.410 e. The van der Waals surface area contributed by atoms with E-state index in [1.54, 1.807) is 36.4 Å². The fourth-order valence-corrected chi connectivity index (χ4v) is 1.89. The van der Waals surface area contributed by atoms with E-state index in [4.69, 9.17) is 9.15 Å². The molecule has 0 saturated carbocycles. The lowest BCUT2D eigenvalue weighted by atomic mass is 10.2. The zero-order chi connectivity index (χ0) is 14.1. The third kappa shape index (κ3) is 2.09. The van der Waals surface area contributed by atoms with E-state index in [1.165, 1.54) is 0 Å². The van der Waals surface area contributed by atoms with Crippen LogP contribution in [0.4, 0.5) is 4.79 Å². The highest BCUT2D eigenvalue weighted by molar-refractivity contribution is 5.85. The maximum atomic E-state index is 12.1. The number of benzene rings is 2. The highest BCUT2D eigenvalue weighted by atomic mass is 16.6. The molecule has 100 valence electrons. The van der Waals surface area contributed by atoms with E-state index in [9.17, 15) is 9.59 Å². The van der Waals surface area contributed by atoms with Gasteiger partial charge >= 0.3 is 11.8 Å². The van der Waals surface area contributed by atoms with Crippen LogP contribution in [-0.2, 0) is 0 Å². The molecule has 0 fully saturated rings. The normalized spacial score (nSPS) is 10.7. The second-order valence-corrected chi connectivity index (χ2v) is 4.35. The van der Waals surface area contributed by atoms with Crippen LogP contribution in [0.15, 0.2) is 57.7 Å². The number of carbonyl (C=O) groups is 1. The van der Waals surface area contributed by atoms with E-state index < -0.39 is 11.8 Å². The molecule has 20 heavy (non-hydrogen) atoms. The quantitative estimate of drug-likeness (QED) is 0.681. The number of rotatable bonds is 1. The van der Waals surface area contributed by atoms with Crippen LogP contribution in [0, 0.1) is 6.92 Å². The third-order valence-electron chi connectivity index (χ3n) is 2.89. The Bertz CT molecular complexity index is 827. The molecule has 0 aliphatic rings. The Kier molecular flexibility index (Phi) is 2.87. The topological polar surface area (TPSA) is 61.4 Å². The third-order valence-corrected chi connectivity index (χ3v) is 2.89. The van der Waals surface area contributed by atoms with E-state index in [-0.39, 0.29) is 0 Å². The van der Waals surface area contributed by atoms with Crippen molar-refractivity contribution in [3.8, 4) is 5.75 Å². The van der Waals surface area contributed by atoms with Crippen LogP contribution in [-0.4, -0.2) is 10.7 Å². The molecule has 0 amide bonds. The van der Waals surface area contributed by atoms with Crippen molar-refractivity contribution in [2.24, 2.45) is 0 Å². The fraction of sp³-hybridized carbons (Fsp3) is 0.0667. The summed E-state index contributed by atoms with van der Waals surface area (Å²) in [5, 5.41) is 0. The molecule has 3 rings (SSSR count). The minimum atomic E-state index is -0.788. The van der Waals surface area contributed by atoms with Gasteiger partial charge in [-0.2, -0.15) is 4.57 Å². The zero-order valence-electron chi connectivity index (χ0n) is 10.7. The SMILES string of the molecule is Cc1ccc(OC(=O)n2c(=O)oc3ccccc32)cc1. The molecule has 0 atom stereocenters. The van der Waals surface area contributed by atoms with Crippen LogP contribution in [0.3, 0.4) is 0 Å². The molecule has 0 aliphatic carbocycles. The van der Waals surface area contributed by atoms with E-state index >= 15 is 0 Å². The second-order valence-electron chi connectivity index (χ2n) is 4.35. The number of oxazole rings is 1. The van der Waals surface area contributed by atoms with Crippen LogP contribution in [0.1, 0.15) is 5.56 Å². The van der Waals surface area contributed by atoms with Gasteiger partial charge in [0.25, 0.3) is 0 Å². The molecule has 3 aromatic rings. The fourth-order valence-electron chi connectivity index (χ4n) is 1.89. The van der Waals surface area contributed by atoms with Crippen LogP contribution in [0.5, 0.6) is 5.75 Å². The Morgan fingerprint density at radius 3 is 2.55 bits per heavy atom. The predicted octanol–water partition coefficient (Wildman–Crippen LogP) is 2.95. The molecule has 0 radical (unpaired) electrons. The van der Waals surface area contributed by atoms with Crippen LogP contribution in [0.25, 0.3) is 11.1 Å². The van der Waals surface area contributed by atoms with E-state index in [0.717, 1.165) is 10.1 Å². The molecular formula is C15H11NO4. The van der Waals surface area contributed by atoms with Gasteiger partial charge in [0.05, 0.1) is 0 Å². The number of aryl methyl sites for hydroxylation is 1. The number of carbonyl (C=O) groups excluding carboxylic acids is 1. The number of nitrogens with zero attached hydrogens (tertiary/aromatic N) is 1. The van der Waals surface area contributed by atoms with Crippen molar-refractivity contribution in [3.05, 3.63) is 64.6 Å². The highest BCUT2D eigenvalue weighted by Gasteiger charge is 2.17. The summed E-state index contributed by atoms with van der Waals surface area (Å²) in [7, 11) is 0. The van der Waals surface area contributed by atoms with E-state index in [2.05, 4.69) is 0 Å². The first kappa shape index (κ1) is 12.2. The summed E-state index contributed by atoms with van der Waals surface area (Å²) >= 11 is 0. The first-order valence-electron chi connectivity index (χ1n) is 6.04. The average Bonchev–Trinajstić information content (AvgIpc) is 2.77. The van der Waals surface area contributed by atoms with Crippen molar-refractivity contribution in [2.45, 2.75) is 6.92 Å². The molecule has 0 aliphatic heterocycles. The lowest BCUT2D eigenvalue weighted by Gasteiger charge is -2.04. The zero-order valence-corrected chi connectivity index (χ0v) is 10.7. The largest absolute Gasteiger partial charge is 0.429 e. The van der Waals surface area contributed by atoms with Crippen molar-refractivity contribution in [2.75, 3.05) is 0 Å². The summed E-state index contributed by atoms with van der Waals surface area (Å²) in [4.78, 5) is 23.8. The number of fused-ring (bicyclic) bond motifs is 1. The minimum absolute atomic E-state index is 0.346. The van der Waals surface area contributed by atoms with E-state index in [1.807, 2.05) is 19.1 Å². The van der Waals surface area contributed by atoms with Gasteiger partial charge in [0.1, 0.15) is 11.3 Å². The molecular weight excluding hydrogens is 258 g/mol. The lowest BCUT2D eigenvalue weighted by molar-refractivity contribution is 0.201. The summed E-state index contributed by atoms with van der Waals surface area (Å²) in [5.41, 5.74) is 1.78. The van der Waals surface area contributed by atoms with Gasteiger partial charge in [-0.3, -0.25) is 0 Å². The molecule has 1 heterocycles. The van der Waals surface area contributed by atoms with Gasteiger partial charge < -0.3 is 9.15 Å². The molecule has 5 nitrogen and oxygen atoms in total. The Hall–Kier alpha value is -2.82. The Morgan fingerprint density at radius 2 is 1.80 bits per heavy atom. The van der Waals surface area contributed by atoms with Crippen molar-refractivity contribution in [3.63, 3.8) is 0 Å². The average molecular weight is 269 g/mol. The van der Waals surface area contributed by atoms with Gasteiger partial charge in [0.2, 0.25) is 0 Å². The standard InChI is InChI=1S/C15H11NO4/c1-10-6-8-11(9-7-10)19-14(17)16-12-4-2-3-5-13(12)20-15(16)18/h2-9H,1H3. The summed E-state index contributed by atoms with van der Waals surface area (Å²) < 4.78 is 11.0. The van der Waals surface area contributed by atoms with Crippen LogP contribution < -0.4 is 10.5 Å². The summed E-state index contributed by atoms with van der Waals surface area (Å²) in [5.74, 6) is -0.388.